The predicted octanol–water partition coefficient (Wildman–Crippen LogP) is 1.96. The molecular formula is C12H25NO2. The van der Waals surface area contributed by atoms with Crippen LogP contribution in [0.4, 0.5) is 0 Å². The number of unbranched alkanes of at least 4 members (excludes halogenated alkanes) is 1. The molecule has 1 rings (SSSR count). The van der Waals surface area contributed by atoms with E-state index < -0.39 is 0 Å². The van der Waals surface area contributed by atoms with Crippen LogP contribution in [0.5, 0.6) is 0 Å². The molecule has 0 amide bonds. The molecule has 2 atom stereocenters. The molecule has 0 radical (unpaired) electrons. The van der Waals surface area contributed by atoms with E-state index in [1.54, 1.807) is 0 Å². The summed E-state index contributed by atoms with van der Waals surface area (Å²) in [7, 11) is 0. The van der Waals surface area contributed by atoms with Crippen LogP contribution < -0.4 is 5.32 Å². The van der Waals surface area contributed by atoms with Gasteiger partial charge >= 0.3 is 0 Å². The molecule has 0 aromatic heterocycles. The molecule has 1 aliphatic rings. The second kappa shape index (κ2) is 8.08. The van der Waals surface area contributed by atoms with E-state index in [9.17, 15) is 0 Å². The Morgan fingerprint density at radius 3 is 2.87 bits per heavy atom. The maximum absolute atomic E-state index is 5.73. The second-order valence-corrected chi connectivity index (χ2v) is 4.17. The van der Waals surface area contributed by atoms with E-state index in [0.29, 0.717) is 12.1 Å². The SMILES string of the molecule is CCCCC1CC(OCCOCC)CN1. The Labute approximate surface area is 93.5 Å². The van der Waals surface area contributed by atoms with Crippen molar-refractivity contribution < 1.29 is 9.47 Å². The van der Waals surface area contributed by atoms with Crippen LogP contribution in [0.15, 0.2) is 0 Å². The lowest BCUT2D eigenvalue weighted by molar-refractivity contribution is 0.0152. The van der Waals surface area contributed by atoms with E-state index >= 15 is 0 Å². The summed E-state index contributed by atoms with van der Waals surface area (Å²) in [5, 5.41) is 3.52. The summed E-state index contributed by atoms with van der Waals surface area (Å²) in [4.78, 5) is 0. The Morgan fingerprint density at radius 1 is 1.27 bits per heavy atom. The summed E-state index contributed by atoms with van der Waals surface area (Å²) >= 11 is 0. The van der Waals surface area contributed by atoms with Crippen molar-refractivity contribution in [3.63, 3.8) is 0 Å². The smallest absolute Gasteiger partial charge is 0.0715 e. The highest BCUT2D eigenvalue weighted by atomic mass is 16.5. The quantitative estimate of drug-likeness (QED) is 0.628. The minimum absolute atomic E-state index is 0.410. The lowest BCUT2D eigenvalue weighted by atomic mass is 10.1. The number of hydrogen-bond donors (Lipinski definition) is 1. The number of rotatable bonds is 8. The van der Waals surface area contributed by atoms with E-state index in [2.05, 4.69) is 12.2 Å². The molecule has 0 aliphatic carbocycles. The van der Waals surface area contributed by atoms with E-state index in [-0.39, 0.29) is 0 Å². The summed E-state index contributed by atoms with van der Waals surface area (Å²) in [6, 6.07) is 0.682. The minimum Gasteiger partial charge on any atom is -0.379 e. The first-order valence-electron chi connectivity index (χ1n) is 6.29. The Hall–Kier alpha value is -0.120. The fourth-order valence-electron chi connectivity index (χ4n) is 2.00. The van der Waals surface area contributed by atoms with Gasteiger partial charge in [0.1, 0.15) is 0 Å². The van der Waals surface area contributed by atoms with E-state index in [1.807, 2.05) is 6.92 Å². The summed E-state index contributed by atoms with van der Waals surface area (Å²) in [5.74, 6) is 0. The molecule has 1 saturated heterocycles. The molecule has 0 bridgehead atoms. The minimum atomic E-state index is 0.410. The van der Waals surface area contributed by atoms with Gasteiger partial charge in [0.25, 0.3) is 0 Å². The highest BCUT2D eigenvalue weighted by Gasteiger charge is 2.23. The average Bonchev–Trinajstić information content (AvgIpc) is 2.69. The molecule has 0 spiro atoms. The van der Waals surface area contributed by atoms with Gasteiger partial charge in [-0.25, -0.2) is 0 Å². The van der Waals surface area contributed by atoms with Gasteiger partial charge in [0.2, 0.25) is 0 Å². The fourth-order valence-corrected chi connectivity index (χ4v) is 2.00. The van der Waals surface area contributed by atoms with Crippen molar-refractivity contribution in [2.75, 3.05) is 26.4 Å². The van der Waals surface area contributed by atoms with Crippen LogP contribution in [0.2, 0.25) is 0 Å². The van der Waals surface area contributed by atoms with Crippen LogP contribution in [0.3, 0.4) is 0 Å². The van der Waals surface area contributed by atoms with Gasteiger partial charge in [-0.05, 0) is 19.8 Å². The maximum Gasteiger partial charge on any atom is 0.0715 e. The highest BCUT2D eigenvalue weighted by Crippen LogP contribution is 2.15. The maximum atomic E-state index is 5.73. The van der Waals surface area contributed by atoms with Crippen LogP contribution in [0.1, 0.15) is 39.5 Å². The third-order valence-electron chi connectivity index (χ3n) is 2.87. The van der Waals surface area contributed by atoms with Crippen molar-refractivity contribution in [3.8, 4) is 0 Å². The zero-order chi connectivity index (χ0) is 10.9. The Morgan fingerprint density at radius 2 is 2.13 bits per heavy atom. The van der Waals surface area contributed by atoms with Crippen LogP contribution in [0.25, 0.3) is 0 Å². The molecule has 1 fully saturated rings. The molecule has 3 nitrogen and oxygen atoms in total. The van der Waals surface area contributed by atoms with E-state index in [4.69, 9.17) is 9.47 Å². The third-order valence-corrected chi connectivity index (χ3v) is 2.87. The van der Waals surface area contributed by atoms with Gasteiger partial charge in [-0.1, -0.05) is 19.8 Å². The molecule has 0 aromatic carbocycles. The summed E-state index contributed by atoms with van der Waals surface area (Å²) in [6.07, 6.45) is 5.48. The molecule has 3 heteroatoms. The molecule has 1 aliphatic heterocycles. The summed E-state index contributed by atoms with van der Waals surface area (Å²) in [5.41, 5.74) is 0. The van der Waals surface area contributed by atoms with Crippen molar-refractivity contribution in [2.24, 2.45) is 0 Å². The van der Waals surface area contributed by atoms with Gasteiger partial charge in [0, 0.05) is 19.2 Å². The van der Waals surface area contributed by atoms with Crippen LogP contribution in [-0.4, -0.2) is 38.5 Å². The zero-order valence-electron chi connectivity index (χ0n) is 10.1. The van der Waals surface area contributed by atoms with Crippen LogP contribution in [0, 0.1) is 0 Å². The Kier molecular flexibility index (Phi) is 6.98. The molecule has 1 N–H and O–H groups in total. The average molecular weight is 215 g/mol. The molecule has 0 aromatic rings. The van der Waals surface area contributed by atoms with Crippen LogP contribution >= 0.6 is 0 Å². The van der Waals surface area contributed by atoms with E-state index in [0.717, 1.165) is 26.4 Å². The molecule has 1 heterocycles. The first kappa shape index (κ1) is 12.9. The number of nitrogens with one attached hydrogen (secondary N) is 1. The predicted molar refractivity (Wildman–Crippen MR) is 62.2 cm³/mol. The van der Waals surface area contributed by atoms with Crippen LogP contribution in [-0.2, 0) is 9.47 Å². The lowest BCUT2D eigenvalue weighted by Gasteiger charge is -2.11. The van der Waals surface area contributed by atoms with Gasteiger partial charge in [-0.2, -0.15) is 0 Å². The molecule has 2 unspecified atom stereocenters. The Balaban J connectivity index is 1.98. The van der Waals surface area contributed by atoms with Gasteiger partial charge in [-0.15, -0.1) is 0 Å². The number of hydrogen-bond acceptors (Lipinski definition) is 3. The lowest BCUT2D eigenvalue weighted by Crippen LogP contribution is -2.21. The third kappa shape index (κ3) is 5.50. The van der Waals surface area contributed by atoms with Crippen molar-refractivity contribution in [2.45, 2.75) is 51.7 Å². The van der Waals surface area contributed by atoms with Gasteiger partial charge in [0.15, 0.2) is 0 Å². The van der Waals surface area contributed by atoms with E-state index in [1.165, 1.54) is 25.7 Å². The van der Waals surface area contributed by atoms with Crippen molar-refractivity contribution in [1.82, 2.24) is 5.32 Å². The van der Waals surface area contributed by atoms with Crippen molar-refractivity contribution in [1.29, 1.82) is 0 Å². The van der Waals surface area contributed by atoms with Crippen molar-refractivity contribution in [3.05, 3.63) is 0 Å². The normalized spacial score (nSPS) is 26.0. The topological polar surface area (TPSA) is 30.5 Å². The molecular weight excluding hydrogens is 190 g/mol. The standard InChI is InChI=1S/C12H25NO2/c1-3-5-6-11-9-12(10-13-11)15-8-7-14-4-2/h11-13H,3-10H2,1-2H3. The van der Waals surface area contributed by atoms with Gasteiger partial charge < -0.3 is 14.8 Å². The van der Waals surface area contributed by atoms with Gasteiger partial charge in [0.05, 0.1) is 19.3 Å². The fraction of sp³-hybridized carbons (Fsp3) is 1.00. The second-order valence-electron chi connectivity index (χ2n) is 4.17. The highest BCUT2D eigenvalue weighted by molar-refractivity contribution is 4.81. The number of ether oxygens (including phenoxy) is 2. The first-order valence-corrected chi connectivity index (χ1v) is 6.29. The largest absolute Gasteiger partial charge is 0.379 e. The Bertz CT molecular complexity index is 153. The monoisotopic (exact) mass is 215 g/mol. The van der Waals surface area contributed by atoms with Gasteiger partial charge in [-0.3, -0.25) is 0 Å². The molecule has 90 valence electrons. The zero-order valence-corrected chi connectivity index (χ0v) is 10.1. The first-order chi connectivity index (χ1) is 7.36. The molecule has 15 heavy (non-hydrogen) atoms. The summed E-state index contributed by atoms with van der Waals surface area (Å²) in [6.45, 7) is 7.52. The summed E-state index contributed by atoms with van der Waals surface area (Å²) < 4.78 is 11.0. The van der Waals surface area contributed by atoms with Crippen molar-refractivity contribution >= 4 is 0 Å². The molecule has 0 saturated carbocycles.